The predicted octanol–water partition coefficient (Wildman–Crippen LogP) is 1.26. The molecule has 0 saturated carbocycles. The summed E-state index contributed by atoms with van der Waals surface area (Å²) in [6, 6.07) is 3.24. The second kappa shape index (κ2) is 7.12. The van der Waals surface area contributed by atoms with E-state index in [-0.39, 0.29) is 12.1 Å². The van der Waals surface area contributed by atoms with Gasteiger partial charge >= 0.3 is 6.03 Å². The molecule has 0 saturated heterocycles. The third kappa shape index (κ3) is 3.82. The highest BCUT2D eigenvalue weighted by Crippen LogP contribution is 2.13. The van der Waals surface area contributed by atoms with Gasteiger partial charge in [0.2, 0.25) is 0 Å². The van der Waals surface area contributed by atoms with E-state index in [0.29, 0.717) is 12.2 Å². The number of rotatable bonds is 5. The monoisotopic (exact) mass is 340 g/mol. The van der Waals surface area contributed by atoms with Crippen molar-refractivity contribution in [1.82, 2.24) is 40.2 Å². The fourth-order valence-corrected chi connectivity index (χ4v) is 2.45. The van der Waals surface area contributed by atoms with Crippen LogP contribution in [0.3, 0.4) is 0 Å². The molecule has 25 heavy (non-hydrogen) atoms. The fourth-order valence-electron chi connectivity index (χ4n) is 2.45. The lowest BCUT2D eigenvalue weighted by Crippen LogP contribution is -2.37. The van der Waals surface area contributed by atoms with Crippen LogP contribution in [0, 0.1) is 6.92 Å². The number of aryl methyl sites for hydroxylation is 2. The van der Waals surface area contributed by atoms with E-state index in [0.717, 1.165) is 17.2 Å². The molecule has 9 heteroatoms. The Morgan fingerprint density at radius 1 is 1.32 bits per heavy atom. The Labute approximate surface area is 145 Å². The Morgan fingerprint density at radius 3 is 2.84 bits per heavy atom. The van der Waals surface area contributed by atoms with E-state index in [1.807, 2.05) is 36.7 Å². The molecule has 2 N–H and O–H groups in total. The number of imidazole rings is 1. The fraction of sp³-hybridized carbons (Fsp3) is 0.312. The summed E-state index contributed by atoms with van der Waals surface area (Å²) in [5.41, 5.74) is 1.60. The lowest BCUT2D eigenvalue weighted by molar-refractivity contribution is 0.237. The van der Waals surface area contributed by atoms with Crippen molar-refractivity contribution in [2.45, 2.75) is 26.4 Å². The van der Waals surface area contributed by atoms with Gasteiger partial charge in [-0.1, -0.05) is 11.3 Å². The number of pyridine rings is 1. The molecular weight excluding hydrogens is 320 g/mol. The smallest absolute Gasteiger partial charge is 0.315 e. The second-order valence-electron chi connectivity index (χ2n) is 5.70. The van der Waals surface area contributed by atoms with Crippen LogP contribution in [-0.4, -0.2) is 35.6 Å². The first-order chi connectivity index (χ1) is 12.0. The van der Waals surface area contributed by atoms with Gasteiger partial charge in [0, 0.05) is 37.7 Å². The van der Waals surface area contributed by atoms with Crippen molar-refractivity contribution in [3.8, 4) is 5.82 Å². The number of urea groups is 1. The highest BCUT2D eigenvalue weighted by atomic mass is 16.2. The lowest BCUT2D eigenvalue weighted by Gasteiger charge is -2.14. The maximum Gasteiger partial charge on any atom is 0.315 e. The number of hydrogen-bond acceptors (Lipinski definition) is 5. The Morgan fingerprint density at radius 2 is 2.16 bits per heavy atom. The molecule has 0 aliphatic heterocycles. The predicted molar refractivity (Wildman–Crippen MR) is 90.9 cm³/mol. The van der Waals surface area contributed by atoms with Crippen LogP contribution in [0.4, 0.5) is 4.79 Å². The number of aromatic nitrogens is 6. The van der Waals surface area contributed by atoms with Crippen molar-refractivity contribution in [2.75, 3.05) is 0 Å². The van der Waals surface area contributed by atoms with Crippen molar-refractivity contribution in [2.24, 2.45) is 7.05 Å². The van der Waals surface area contributed by atoms with Gasteiger partial charge in [0.05, 0.1) is 12.2 Å². The van der Waals surface area contributed by atoms with E-state index in [1.54, 1.807) is 30.3 Å². The maximum absolute atomic E-state index is 12.2. The molecule has 0 aliphatic carbocycles. The minimum Gasteiger partial charge on any atom is -0.334 e. The van der Waals surface area contributed by atoms with Crippen molar-refractivity contribution < 1.29 is 4.79 Å². The Bertz CT molecular complexity index is 868. The minimum absolute atomic E-state index is 0.238. The quantitative estimate of drug-likeness (QED) is 0.728. The molecule has 9 nitrogen and oxygen atoms in total. The van der Waals surface area contributed by atoms with E-state index in [9.17, 15) is 4.79 Å². The van der Waals surface area contributed by atoms with Gasteiger partial charge in [0.15, 0.2) is 0 Å². The van der Waals surface area contributed by atoms with Crippen LogP contribution in [0.25, 0.3) is 5.82 Å². The van der Waals surface area contributed by atoms with Gasteiger partial charge in [-0.05, 0) is 19.9 Å². The van der Waals surface area contributed by atoms with E-state index >= 15 is 0 Å². The van der Waals surface area contributed by atoms with E-state index in [2.05, 4.69) is 30.9 Å². The number of nitrogens with one attached hydrogen (secondary N) is 2. The largest absolute Gasteiger partial charge is 0.334 e. The van der Waals surface area contributed by atoms with E-state index in [4.69, 9.17) is 0 Å². The van der Waals surface area contributed by atoms with Crippen LogP contribution in [0.1, 0.15) is 30.0 Å². The van der Waals surface area contributed by atoms with Gasteiger partial charge in [-0.15, -0.1) is 5.10 Å². The van der Waals surface area contributed by atoms with Crippen LogP contribution in [0.5, 0.6) is 0 Å². The molecule has 3 rings (SSSR count). The Balaban J connectivity index is 1.64. The van der Waals surface area contributed by atoms with Crippen molar-refractivity contribution >= 4 is 6.03 Å². The molecule has 0 aliphatic rings. The number of amides is 2. The van der Waals surface area contributed by atoms with Crippen LogP contribution < -0.4 is 10.6 Å². The zero-order chi connectivity index (χ0) is 17.8. The van der Waals surface area contributed by atoms with Crippen molar-refractivity contribution in [3.63, 3.8) is 0 Å². The third-order valence-corrected chi connectivity index (χ3v) is 3.77. The van der Waals surface area contributed by atoms with Crippen LogP contribution in [-0.2, 0) is 13.6 Å². The molecule has 3 heterocycles. The average molecular weight is 340 g/mol. The van der Waals surface area contributed by atoms with Gasteiger partial charge in [0.1, 0.15) is 17.3 Å². The first-order valence-corrected chi connectivity index (χ1v) is 7.89. The highest BCUT2D eigenvalue weighted by molar-refractivity contribution is 5.74. The zero-order valence-corrected chi connectivity index (χ0v) is 14.3. The van der Waals surface area contributed by atoms with Gasteiger partial charge in [-0.3, -0.25) is 9.25 Å². The summed E-state index contributed by atoms with van der Waals surface area (Å²) in [5.74, 6) is 1.58. The maximum atomic E-state index is 12.2. The van der Waals surface area contributed by atoms with E-state index in [1.165, 1.54) is 0 Å². The topological polar surface area (TPSA) is 103 Å². The first-order valence-electron chi connectivity index (χ1n) is 7.89. The number of carbonyl (C=O) groups excluding carboxylic acids is 1. The third-order valence-electron chi connectivity index (χ3n) is 3.77. The molecule has 0 bridgehead atoms. The van der Waals surface area contributed by atoms with Crippen LogP contribution >= 0.6 is 0 Å². The molecule has 0 spiro atoms. The van der Waals surface area contributed by atoms with Gasteiger partial charge in [-0.2, -0.15) is 0 Å². The average Bonchev–Trinajstić information content (AvgIpc) is 3.21. The first kappa shape index (κ1) is 16.6. The zero-order valence-electron chi connectivity index (χ0n) is 14.3. The molecule has 1 unspecified atom stereocenters. The normalized spacial score (nSPS) is 12.0. The summed E-state index contributed by atoms with van der Waals surface area (Å²) in [5, 5.41) is 13.5. The Kier molecular flexibility index (Phi) is 4.73. The molecule has 130 valence electrons. The minimum atomic E-state index is -0.282. The summed E-state index contributed by atoms with van der Waals surface area (Å²) >= 11 is 0. The van der Waals surface area contributed by atoms with Crippen LogP contribution in [0.15, 0.2) is 36.9 Å². The van der Waals surface area contributed by atoms with Crippen LogP contribution in [0.2, 0.25) is 0 Å². The number of hydrogen-bond donors (Lipinski definition) is 2. The Hall–Kier alpha value is -3.23. The number of nitrogens with zero attached hydrogens (tertiary/aromatic N) is 6. The second-order valence-corrected chi connectivity index (χ2v) is 5.70. The summed E-state index contributed by atoms with van der Waals surface area (Å²) in [6.45, 7) is 4.11. The summed E-state index contributed by atoms with van der Waals surface area (Å²) in [6.07, 6.45) is 7.05. The standard InChI is InChI=1S/C16H20N8O/c1-11(14-10-23(3)22-21-14)20-16(25)19-9-13-5-4-6-18-15(13)24-8-7-17-12(24)2/h4-8,10-11H,9H2,1-3H3,(H2,19,20,25). The van der Waals surface area contributed by atoms with Gasteiger partial charge < -0.3 is 10.6 Å². The van der Waals surface area contributed by atoms with Gasteiger partial charge in [-0.25, -0.2) is 14.8 Å². The van der Waals surface area contributed by atoms with E-state index < -0.39 is 0 Å². The molecule has 0 fully saturated rings. The lowest BCUT2D eigenvalue weighted by atomic mass is 10.2. The summed E-state index contributed by atoms with van der Waals surface area (Å²) in [4.78, 5) is 20.8. The highest BCUT2D eigenvalue weighted by Gasteiger charge is 2.13. The molecule has 3 aromatic heterocycles. The molecule has 0 radical (unpaired) electrons. The molecule has 3 aromatic rings. The van der Waals surface area contributed by atoms with Gasteiger partial charge in [0.25, 0.3) is 0 Å². The molecule has 2 amide bonds. The summed E-state index contributed by atoms with van der Waals surface area (Å²) < 4.78 is 3.48. The van der Waals surface area contributed by atoms with Crippen molar-refractivity contribution in [1.29, 1.82) is 0 Å². The molecular formula is C16H20N8O. The summed E-state index contributed by atoms with van der Waals surface area (Å²) in [7, 11) is 1.78. The molecule has 1 atom stereocenters. The number of carbonyl (C=O) groups is 1. The van der Waals surface area contributed by atoms with Crippen molar-refractivity contribution in [3.05, 3.63) is 54.0 Å². The SMILES string of the molecule is Cc1nccn1-c1ncccc1CNC(=O)NC(C)c1cn(C)nn1. The molecule has 0 aromatic carbocycles.